The Bertz CT molecular complexity index is 229. The van der Waals surface area contributed by atoms with Crippen LogP contribution in [0.2, 0.25) is 0 Å². The minimum Gasteiger partial charge on any atom is -0.375 e. The summed E-state index contributed by atoms with van der Waals surface area (Å²) in [5, 5.41) is 0. The van der Waals surface area contributed by atoms with Crippen molar-refractivity contribution in [3.05, 3.63) is 0 Å². The van der Waals surface area contributed by atoms with Crippen LogP contribution in [0.5, 0.6) is 0 Å². The topological polar surface area (TPSA) is 38.5 Å². The molecule has 108 valence electrons. The Morgan fingerprint density at radius 3 is 2.22 bits per heavy atom. The lowest BCUT2D eigenvalue weighted by atomic mass is 9.80. The highest BCUT2D eigenvalue weighted by Crippen LogP contribution is 2.32. The quantitative estimate of drug-likeness (QED) is 0.794. The minimum atomic E-state index is -0.0398. The van der Waals surface area contributed by atoms with Crippen molar-refractivity contribution in [3.8, 4) is 0 Å². The Balaban J connectivity index is 2.52. The zero-order chi connectivity index (χ0) is 13.6. The van der Waals surface area contributed by atoms with Gasteiger partial charge in [0.15, 0.2) is 0 Å². The van der Waals surface area contributed by atoms with E-state index in [0.717, 1.165) is 26.2 Å². The van der Waals surface area contributed by atoms with Crippen LogP contribution in [-0.2, 0) is 4.74 Å². The summed E-state index contributed by atoms with van der Waals surface area (Å²) in [6.07, 6.45) is 6.54. The van der Waals surface area contributed by atoms with Crippen LogP contribution in [0.25, 0.3) is 0 Å². The Morgan fingerprint density at radius 2 is 1.78 bits per heavy atom. The van der Waals surface area contributed by atoms with Gasteiger partial charge in [-0.05, 0) is 40.2 Å². The molecule has 0 bridgehead atoms. The van der Waals surface area contributed by atoms with Crippen LogP contribution in [0.4, 0.5) is 0 Å². The van der Waals surface area contributed by atoms with Gasteiger partial charge >= 0.3 is 0 Å². The number of rotatable bonds is 6. The summed E-state index contributed by atoms with van der Waals surface area (Å²) in [4.78, 5) is 2.55. The SMILES string of the molecule is CCN(CCOC(C)(C)C)C1(CN)CCCCC1. The second-order valence-corrected chi connectivity index (χ2v) is 6.53. The average molecular weight is 256 g/mol. The molecule has 3 nitrogen and oxygen atoms in total. The number of ether oxygens (including phenoxy) is 1. The molecule has 0 aliphatic heterocycles. The van der Waals surface area contributed by atoms with Crippen LogP contribution in [-0.4, -0.2) is 42.3 Å². The highest BCUT2D eigenvalue weighted by Gasteiger charge is 2.35. The van der Waals surface area contributed by atoms with Crippen LogP contribution in [0.3, 0.4) is 0 Å². The Morgan fingerprint density at radius 1 is 1.17 bits per heavy atom. The van der Waals surface area contributed by atoms with E-state index in [-0.39, 0.29) is 11.1 Å². The highest BCUT2D eigenvalue weighted by atomic mass is 16.5. The summed E-state index contributed by atoms with van der Waals surface area (Å²) in [6, 6.07) is 0. The third-order valence-electron chi connectivity index (χ3n) is 4.11. The van der Waals surface area contributed by atoms with Gasteiger partial charge in [0, 0.05) is 18.6 Å². The second kappa shape index (κ2) is 6.88. The standard InChI is InChI=1S/C15H32N2O/c1-5-17(11-12-18-14(2,3)4)15(13-16)9-7-6-8-10-15/h5-13,16H2,1-4H3. The van der Waals surface area contributed by atoms with Crippen LogP contribution in [0.1, 0.15) is 59.8 Å². The van der Waals surface area contributed by atoms with E-state index in [1.54, 1.807) is 0 Å². The fourth-order valence-corrected chi connectivity index (χ4v) is 3.05. The second-order valence-electron chi connectivity index (χ2n) is 6.53. The molecule has 1 rings (SSSR count). The number of nitrogens with zero attached hydrogens (tertiary/aromatic N) is 1. The van der Waals surface area contributed by atoms with Crippen LogP contribution >= 0.6 is 0 Å². The number of nitrogens with two attached hydrogens (primary N) is 1. The first kappa shape index (κ1) is 15.9. The molecular formula is C15H32N2O. The first-order valence-electron chi connectivity index (χ1n) is 7.52. The average Bonchev–Trinajstić information content (AvgIpc) is 2.34. The maximum Gasteiger partial charge on any atom is 0.0600 e. The first-order valence-corrected chi connectivity index (χ1v) is 7.52. The number of hydrogen-bond acceptors (Lipinski definition) is 3. The van der Waals surface area contributed by atoms with Gasteiger partial charge in [0.2, 0.25) is 0 Å². The van der Waals surface area contributed by atoms with Crippen molar-refractivity contribution >= 4 is 0 Å². The molecule has 0 aromatic carbocycles. The van der Waals surface area contributed by atoms with E-state index < -0.39 is 0 Å². The van der Waals surface area contributed by atoms with Gasteiger partial charge in [-0.1, -0.05) is 26.2 Å². The van der Waals surface area contributed by atoms with Gasteiger partial charge in [0.05, 0.1) is 12.2 Å². The van der Waals surface area contributed by atoms with Crippen LogP contribution < -0.4 is 5.73 Å². The molecule has 1 aliphatic rings. The normalized spacial score (nSPS) is 20.3. The first-order chi connectivity index (χ1) is 8.43. The predicted octanol–water partition coefficient (Wildman–Crippen LogP) is 2.79. The van der Waals surface area contributed by atoms with Gasteiger partial charge in [0.1, 0.15) is 0 Å². The lowest BCUT2D eigenvalue weighted by Crippen LogP contribution is -2.56. The smallest absolute Gasteiger partial charge is 0.0600 e. The van der Waals surface area contributed by atoms with E-state index in [1.165, 1.54) is 32.1 Å². The predicted molar refractivity (Wildman–Crippen MR) is 77.8 cm³/mol. The van der Waals surface area contributed by atoms with E-state index in [1.807, 2.05) is 0 Å². The molecule has 3 heteroatoms. The van der Waals surface area contributed by atoms with Gasteiger partial charge in [-0.25, -0.2) is 0 Å². The van der Waals surface area contributed by atoms with Crippen molar-refractivity contribution in [3.63, 3.8) is 0 Å². The molecule has 0 spiro atoms. The molecule has 0 atom stereocenters. The van der Waals surface area contributed by atoms with Crippen molar-refractivity contribution in [2.45, 2.75) is 70.9 Å². The van der Waals surface area contributed by atoms with Gasteiger partial charge in [0.25, 0.3) is 0 Å². The molecule has 1 fully saturated rings. The van der Waals surface area contributed by atoms with Crippen molar-refractivity contribution < 1.29 is 4.74 Å². The molecule has 0 saturated heterocycles. The molecule has 0 heterocycles. The van der Waals surface area contributed by atoms with E-state index in [2.05, 4.69) is 32.6 Å². The molecule has 0 aromatic rings. The van der Waals surface area contributed by atoms with E-state index in [9.17, 15) is 0 Å². The zero-order valence-corrected chi connectivity index (χ0v) is 12.8. The van der Waals surface area contributed by atoms with Gasteiger partial charge in [-0.15, -0.1) is 0 Å². The van der Waals surface area contributed by atoms with Crippen molar-refractivity contribution in [1.29, 1.82) is 0 Å². The largest absolute Gasteiger partial charge is 0.375 e. The maximum atomic E-state index is 6.09. The highest BCUT2D eigenvalue weighted by molar-refractivity contribution is 4.93. The lowest BCUT2D eigenvalue weighted by Gasteiger charge is -2.46. The molecule has 1 saturated carbocycles. The third-order valence-corrected chi connectivity index (χ3v) is 4.11. The lowest BCUT2D eigenvalue weighted by molar-refractivity contribution is -0.0332. The van der Waals surface area contributed by atoms with Gasteiger partial charge in [-0.3, -0.25) is 4.90 Å². The third kappa shape index (κ3) is 4.52. The minimum absolute atomic E-state index is 0.0398. The number of hydrogen-bond donors (Lipinski definition) is 1. The molecule has 0 amide bonds. The summed E-state index contributed by atoms with van der Waals surface area (Å²) in [5.41, 5.74) is 6.29. The van der Waals surface area contributed by atoms with Crippen molar-refractivity contribution in [2.75, 3.05) is 26.2 Å². The molecule has 0 unspecified atom stereocenters. The molecule has 18 heavy (non-hydrogen) atoms. The Labute approximate surface area is 113 Å². The Kier molecular flexibility index (Phi) is 6.09. The summed E-state index contributed by atoms with van der Waals surface area (Å²) in [7, 11) is 0. The van der Waals surface area contributed by atoms with E-state index in [4.69, 9.17) is 10.5 Å². The molecule has 0 aromatic heterocycles. The molecular weight excluding hydrogens is 224 g/mol. The summed E-state index contributed by atoms with van der Waals surface area (Å²) in [6.45, 7) is 12.3. The van der Waals surface area contributed by atoms with Gasteiger partial charge in [-0.2, -0.15) is 0 Å². The Hall–Kier alpha value is -0.120. The monoisotopic (exact) mass is 256 g/mol. The summed E-state index contributed by atoms with van der Waals surface area (Å²) in [5.74, 6) is 0. The number of likely N-dealkylation sites (N-methyl/N-ethyl adjacent to an activating group) is 1. The van der Waals surface area contributed by atoms with Crippen molar-refractivity contribution in [1.82, 2.24) is 4.90 Å². The fourth-order valence-electron chi connectivity index (χ4n) is 3.05. The maximum absolute atomic E-state index is 6.09. The van der Waals surface area contributed by atoms with Crippen LogP contribution in [0.15, 0.2) is 0 Å². The molecule has 0 radical (unpaired) electrons. The summed E-state index contributed by atoms with van der Waals surface area (Å²) >= 11 is 0. The van der Waals surface area contributed by atoms with Gasteiger partial charge < -0.3 is 10.5 Å². The van der Waals surface area contributed by atoms with Crippen molar-refractivity contribution in [2.24, 2.45) is 5.73 Å². The van der Waals surface area contributed by atoms with Crippen LogP contribution in [0, 0.1) is 0 Å². The summed E-state index contributed by atoms with van der Waals surface area (Å²) < 4.78 is 5.86. The fraction of sp³-hybridized carbons (Fsp3) is 1.00. The zero-order valence-electron chi connectivity index (χ0n) is 12.8. The molecule has 1 aliphatic carbocycles. The van der Waals surface area contributed by atoms with E-state index >= 15 is 0 Å². The van der Waals surface area contributed by atoms with E-state index in [0.29, 0.717) is 0 Å². The molecule has 2 N–H and O–H groups in total.